The number of nitrogens with zero attached hydrogens (tertiary/aromatic N) is 4. The number of aryl methyl sites for hydroxylation is 1. The lowest BCUT2D eigenvalue weighted by atomic mass is 10.1. The summed E-state index contributed by atoms with van der Waals surface area (Å²) in [6.07, 6.45) is 3.53. The molecule has 0 radical (unpaired) electrons. The molecular weight excluding hydrogens is 330 g/mol. The van der Waals surface area contributed by atoms with Crippen LogP contribution in [0.4, 0.5) is 10.5 Å². The molecule has 2 amide bonds. The van der Waals surface area contributed by atoms with Gasteiger partial charge in [0.15, 0.2) is 0 Å². The fraction of sp³-hybridized carbons (Fsp3) is 0.526. The fourth-order valence-corrected chi connectivity index (χ4v) is 3.12. The molecule has 2 aromatic rings. The number of nitrogens with one attached hydrogen (secondary N) is 1. The number of carbonyl (C=O) groups is 1. The first-order chi connectivity index (χ1) is 12.7. The van der Waals surface area contributed by atoms with Gasteiger partial charge < -0.3 is 15.0 Å². The normalized spacial score (nSPS) is 16.4. The Morgan fingerprint density at radius 3 is 2.81 bits per heavy atom. The number of urea groups is 1. The molecule has 1 aliphatic heterocycles. The Morgan fingerprint density at radius 1 is 1.27 bits per heavy atom. The van der Waals surface area contributed by atoms with Gasteiger partial charge in [0.1, 0.15) is 5.69 Å². The monoisotopic (exact) mass is 355 g/mol. The zero-order chi connectivity index (χ0) is 17.9. The molecule has 2 aliphatic rings. The van der Waals surface area contributed by atoms with E-state index in [-0.39, 0.29) is 6.03 Å². The van der Waals surface area contributed by atoms with Crippen molar-refractivity contribution in [1.29, 1.82) is 0 Å². The molecule has 0 saturated heterocycles. The molecule has 0 bridgehead atoms. The van der Waals surface area contributed by atoms with Crippen LogP contribution < -0.4 is 5.32 Å². The smallest absolute Gasteiger partial charge is 0.322 e. The second-order valence-electron chi connectivity index (χ2n) is 7.07. The first-order valence-electron chi connectivity index (χ1n) is 9.36. The van der Waals surface area contributed by atoms with E-state index in [1.165, 1.54) is 18.4 Å². The molecule has 7 heteroatoms. The van der Waals surface area contributed by atoms with Gasteiger partial charge in [-0.15, -0.1) is 5.10 Å². The summed E-state index contributed by atoms with van der Waals surface area (Å²) < 4.78 is 7.63. The summed E-state index contributed by atoms with van der Waals surface area (Å²) in [6, 6.07) is 7.89. The van der Waals surface area contributed by atoms with Crippen molar-refractivity contribution in [2.24, 2.45) is 5.92 Å². The average molecular weight is 355 g/mol. The van der Waals surface area contributed by atoms with Crippen LogP contribution in [0.1, 0.15) is 36.7 Å². The minimum absolute atomic E-state index is 0.0912. The highest BCUT2D eigenvalue weighted by Gasteiger charge is 2.26. The SMILES string of the molecule is CCc1ccc(NC(=O)N2CCn3nnc(COCC4CC4)c3C2)cc1. The lowest BCUT2D eigenvalue weighted by Gasteiger charge is -2.28. The summed E-state index contributed by atoms with van der Waals surface area (Å²) in [7, 11) is 0. The molecule has 4 rings (SSSR count). The molecule has 1 aromatic heterocycles. The number of ether oxygens (including phenoxy) is 1. The second kappa shape index (κ2) is 7.45. The van der Waals surface area contributed by atoms with Gasteiger partial charge in [-0.3, -0.25) is 0 Å². The number of amides is 2. The van der Waals surface area contributed by atoms with Gasteiger partial charge in [0, 0.05) is 18.8 Å². The number of hydrogen-bond donors (Lipinski definition) is 1. The van der Waals surface area contributed by atoms with E-state index in [2.05, 4.69) is 22.6 Å². The van der Waals surface area contributed by atoms with Crippen molar-refractivity contribution in [2.75, 3.05) is 18.5 Å². The minimum Gasteiger partial charge on any atom is -0.375 e. The maximum Gasteiger partial charge on any atom is 0.322 e. The lowest BCUT2D eigenvalue weighted by molar-refractivity contribution is 0.107. The minimum atomic E-state index is -0.0912. The number of fused-ring (bicyclic) bond motifs is 1. The van der Waals surface area contributed by atoms with E-state index in [0.29, 0.717) is 26.2 Å². The molecular formula is C19H25N5O2. The Bertz CT molecular complexity index is 767. The molecule has 1 saturated carbocycles. The quantitative estimate of drug-likeness (QED) is 0.865. The van der Waals surface area contributed by atoms with Crippen LogP contribution in [0.3, 0.4) is 0 Å². The number of benzene rings is 1. The molecule has 0 spiro atoms. The summed E-state index contributed by atoms with van der Waals surface area (Å²) in [5.41, 5.74) is 3.89. The van der Waals surface area contributed by atoms with E-state index in [4.69, 9.17) is 4.74 Å². The molecule has 2 heterocycles. The number of carbonyl (C=O) groups excluding carboxylic acids is 1. The zero-order valence-corrected chi connectivity index (χ0v) is 15.1. The second-order valence-corrected chi connectivity index (χ2v) is 7.07. The van der Waals surface area contributed by atoms with Gasteiger partial charge in [-0.1, -0.05) is 24.3 Å². The van der Waals surface area contributed by atoms with Crippen molar-refractivity contribution in [3.63, 3.8) is 0 Å². The third-order valence-corrected chi connectivity index (χ3v) is 5.03. The Balaban J connectivity index is 1.36. The Kier molecular flexibility index (Phi) is 4.88. The standard InChI is InChI=1S/C19H25N5O2/c1-2-14-5-7-16(8-6-14)20-19(25)23-9-10-24-18(11-23)17(21-22-24)13-26-12-15-3-4-15/h5-8,15H,2-4,9-13H2,1H3,(H,20,25). The topological polar surface area (TPSA) is 72.3 Å². The molecule has 1 fully saturated rings. The van der Waals surface area contributed by atoms with Crippen LogP contribution in [-0.2, 0) is 30.9 Å². The predicted octanol–water partition coefficient (Wildman–Crippen LogP) is 2.81. The van der Waals surface area contributed by atoms with Gasteiger partial charge in [-0.25, -0.2) is 9.48 Å². The van der Waals surface area contributed by atoms with Crippen molar-refractivity contribution in [1.82, 2.24) is 19.9 Å². The van der Waals surface area contributed by atoms with Gasteiger partial charge in [0.05, 0.1) is 25.4 Å². The summed E-state index contributed by atoms with van der Waals surface area (Å²) in [5.74, 6) is 0.725. The summed E-state index contributed by atoms with van der Waals surface area (Å²) >= 11 is 0. The summed E-state index contributed by atoms with van der Waals surface area (Å²) in [5, 5.41) is 11.4. The maximum atomic E-state index is 12.6. The van der Waals surface area contributed by atoms with Crippen molar-refractivity contribution < 1.29 is 9.53 Å². The van der Waals surface area contributed by atoms with E-state index in [9.17, 15) is 4.79 Å². The highest BCUT2D eigenvalue weighted by molar-refractivity contribution is 5.89. The number of anilines is 1. The first kappa shape index (κ1) is 17.0. The van der Waals surface area contributed by atoms with Crippen LogP contribution in [0.5, 0.6) is 0 Å². The van der Waals surface area contributed by atoms with Gasteiger partial charge >= 0.3 is 6.03 Å². The van der Waals surface area contributed by atoms with Gasteiger partial charge in [-0.05, 0) is 42.9 Å². The predicted molar refractivity (Wildman–Crippen MR) is 97.7 cm³/mol. The maximum absolute atomic E-state index is 12.6. The molecule has 138 valence electrons. The van der Waals surface area contributed by atoms with Gasteiger partial charge in [0.2, 0.25) is 0 Å². The number of aromatic nitrogens is 3. The summed E-state index contributed by atoms with van der Waals surface area (Å²) in [6.45, 7) is 5.17. The number of hydrogen-bond acceptors (Lipinski definition) is 4. The molecule has 0 atom stereocenters. The van der Waals surface area contributed by atoms with Crippen LogP contribution in [0.2, 0.25) is 0 Å². The molecule has 26 heavy (non-hydrogen) atoms. The van der Waals surface area contributed by atoms with Crippen molar-refractivity contribution in [2.45, 2.75) is 45.9 Å². The van der Waals surface area contributed by atoms with E-state index in [1.807, 2.05) is 28.9 Å². The summed E-state index contributed by atoms with van der Waals surface area (Å²) in [4.78, 5) is 14.4. The largest absolute Gasteiger partial charge is 0.375 e. The lowest BCUT2D eigenvalue weighted by Crippen LogP contribution is -2.41. The average Bonchev–Trinajstić information content (AvgIpc) is 3.41. The van der Waals surface area contributed by atoms with E-state index in [0.717, 1.165) is 36.0 Å². The van der Waals surface area contributed by atoms with Crippen molar-refractivity contribution >= 4 is 11.7 Å². The van der Waals surface area contributed by atoms with Crippen molar-refractivity contribution in [3.05, 3.63) is 41.2 Å². The number of rotatable bonds is 6. The molecule has 1 aromatic carbocycles. The molecule has 1 N–H and O–H groups in total. The van der Waals surface area contributed by atoms with Crippen molar-refractivity contribution in [3.8, 4) is 0 Å². The van der Waals surface area contributed by atoms with Gasteiger partial charge in [0.25, 0.3) is 0 Å². The van der Waals surface area contributed by atoms with Crippen LogP contribution in [0.25, 0.3) is 0 Å². The highest BCUT2D eigenvalue weighted by Crippen LogP contribution is 2.29. The zero-order valence-electron chi connectivity index (χ0n) is 15.1. The Hall–Kier alpha value is -2.41. The third kappa shape index (κ3) is 3.88. The molecule has 1 aliphatic carbocycles. The molecule has 0 unspecified atom stereocenters. The highest BCUT2D eigenvalue weighted by atomic mass is 16.5. The Labute approximate surface area is 153 Å². The van der Waals surface area contributed by atoms with Crippen LogP contribution >= 0.6 is 0 Å². The van der Waals surface area contributed by atoms with Gasteiger partial charge in [-0.2, -0.15) is 0 Å². The molecule has 7 nitrogen and oxygen atoms in total. The van der Waals surface area contributed by atoms with Crippen LogP contribution in [0, 0.1) is 5.92 Å². The van der Waals surface area contributed by atoms with E-state index in [1.54, 1.807) is 4.90 Å². The third-order valence-electron chi connectivity index (χ3n) is 5.03. The van der Waals surface area contributed by atoms with Crippen LogP contribution in [0.15, 0.2) is 24.3 Å². The fourth-order valence-electron chi connectivity index (χ4n) is 3.12. The van der Waals surface area contributed by atoms with Crippen LogP contribution in [-0.4, -0.2) is 39.1 Å². The van der Waals surface area contributed by atoms with E-state index >= 15 is 0 Å². The first-order valence-corrected chi connectivity index (χ1v) is 9.36. The Morgan fingerprint density at radius 2 is 2.08 bits per heavy atom. The van der Waals surface area contributed by atoms with E-state index < -0.39 is 0 Å².